The van der Waals surface area contributed by atoms with Crippen LogP contribution in [0.15, 0.2) is 52.9 Å². The van der Waals surface area contributed by atoms with Crippen molar-refractivity contribution in [3.8, 4) is 0 Å². The van der Waals surface area contributed by atoms with E-state index in [4.69, 9.17) is 12.2 Å². The van der Waals surface area contributed by atoms with Gasteiger partial charge in [-0.15, -0.1) is 11.3 Å². The van der Waals surface area contributed by atoms with E-state index in [1.807, 2.05) is 19.9 Å². The second-order valence-corrected chi connectivity index (χ2v) is 11.1. The molecule has 7 nitrogen and oxygen atoms in total. The molecule has 0 aliphatic heterocycles. The van der Waals surface area contributed by atoms with Crippen LogP contribution in [0, 0.1) is 11.8 Å². The summed E-state index contributed by atoms with van der Waals surface area (Å²) < 4.78 is 0. The van der Waals surface area contributed by atoms with E-state index in [1.165, 1.54) is 17.4 Å². The van der Waals surface area contributed by atoms with E-state index in [0.717, 1.165) is 31.2 Å². The standard InChI is InChI=1S/C28H31N3O4S2.K/c1-16(2)31(27(33)19-6-4-17(3)5-7-19)24-13-20(12-22(25(24)36)28(34)35)18-8-10-21(11-9-18)30-26(32)23-14-37-15-29-23;/h8-17,19,24H,4-7H2,1-3H3,(H,30,32)(H,34,35);/q;+1/p-1/t17-,19-,24?;. The monoisotopic (exact) mass is 575 g/mol. The molecule has 2 aliphatic carbocycles. The van der Waals surface area contributed by atoms with Crippen LogP contribution in [0.5, 0.6) is 0 Å². The van der Waals surface area contributed by atoms with Gasteiger partial charge in [-0.1, -0.05) is 31.3 Å². The number of anilines is 1. The van der Waals surface area contributed by atoms with E-state index >= 15 is 0 Å². The Morgan fingerprint density at radius 3 is 2.34 bits per heavy atom. The maximum absolute atomic E-state index is 13.7. The second-order valence-electron chi connectivity index (χ2n) is 9.98. The molecule has 1 N–H and O–H groups in total. The molecule has 38 heavy (non-hydrogen) atoms. The number of thiocarbonyl (C=S) groups is 1. The topological polar surface area (TPSA) is 102 Å². The maximum Gasteiger partial charge on any atom is 1.00 e. The van der Waals surface area contributed by atoms with Gasteiger partial charge >= 0.3 is 51.4 Å². The average Bonchev–Trinajstić information content (AvgIpc) is 3.41. The van der Waals surface area contributed by atoms with Crippen LogP contribution in [0.1, 0.15) is 62.5 Å². The first-order chi connectivity index (χ1) is 17.7. The number of rotatable bonds is 7. The van der Waals surface area contributed by atoms with Crippen LogP contribution in [-0.2, 0) is 9.59 Å². The van der Waals surface area contributed by atoms with E-state index in [-0.39, 0.29) is 85.6 Å². The van der Waals surface area contributed by atoms with Gasteiger partial charge in [-0.05, 0) is 80.9 Å². The minimum Gasteiger partial charge on any atom is -0.545 e. The summed E-state index contributed by atoms with van der Waals surface area (Å²) in [6, 6.07) is 6.23. The van der Waals surface area contributed by atoms with Crippen molar-refractivity contribution in [2.45, 2.75) is 58.5 Å². The molecular formula is C28H30KN3O4S2. The van der Waals surface area contributed by atoms with Crippen molar-refractivity contribution < 1.29 is 70.9 Å². The van der Waals surface area contributed by atoms with E-state index in [2.05, 4.69) is 17.2 Å². The maximum atomic E-state index is 13.7. The van der Waals surface area contributed by atoms with Crippen molar-refractivity contribution in [3.63, 3.8) is 0 Å². The number of aliphatic carboxylic acids is 1. The summed E-state index contributed by atoms with van der Waals surface area (Å²) in [6.07, 6.45) is 7.04. The number of aromatic nitrogens is 1. The number of carboxylic acid groups (broad SMARTS) is 1. The Hall–Kier alpha value is -1.53. The van der Waals surface area contributed by atoms with Gasteiger partial charge in [0, 0.05) is 28.6 Å². The minimum absolute atomic E-state index is 0. The summed E-state index contributed by atoms with van der Waals surface area (Å²) in [4.78, 5) is 43.9. The molecule has 0 radical (unpaired) electrons. The minimum atomic E-state index is -1.37. The van der Waals surface area contributed by atoms with Crippen LogP contribution >= 0.6 is 23.6 Å². The molecule has 1 saturated carbocycles. The molecule has 1 atom stereocenters. The molecule has 0 spiro atoms. The molecular weight excluding hydrogens is 546 g/mol. The van der Waals surface area contributed by atoms with Gasteiger partial charge in [0.25, 0.3) is 5.91 Å². The van der Waals surface area contributed by atoms with Crippen LogP contribution in [0.3, 0.4) is 0 Å². The molecule has 1 fully saturated rings. The third-order valence-corrected chi connectivity index (χ3v) is 8.06. The number of hydrogen-bond donors (Lipinski definition) is 1. The molecule has 194 valence electrons. The Morgan fingerprint density at radius 2 is 1.79 bits per heavy atom. The first-order valence-corrected chi connectivity index (χ1v) is 13.8. The zero-order valence-electron chi connectivity index (χ0n) is 22.1. The molecule has 2 aliphatic rings. The van der Waals surface area contributed by atoms with Crippen LogP contribution < -0.4 is 61.8 Å². The van der Waals surface area contributed by atoms with Crippen molar-refractivity contribution in [3.05, 3.63) is 64.1 Å². The Kier molecular flexibility index (Phi) is 11.2. The molecule has 1 aromatic carbocycles. The third-order valence-electron chi connectivity index (χ3n) is 7.01. The van der Waals surface area contributed by atoms with Gasteiger partial charge in [-0.2, -0.15) is 0 Å². The smallest absolute Gasteiger partial charge is 0.545 e. The average molecular weight is 576 g/mol. The number of allylic oxidation sites excluding steroid dienone is 2. The van der Waals surface area contributed by atoms with Gasteiger partial charge < -0.3 is 20.1 Å². The summed E-state index contributed by atoms with van der Waals surface area (Å²) in [5.41, 5.74) is 3.79. The Balaban J connectivity index is 0.00000400. The van der Waals surface area contributed by atoms with E-state index in [0.29, 0.717) is 22.9 Å². The number of carbonyl (C=O) groups is 3. The van der Waals surface area contributed by atoms with Crippen LogP contribution in [0.2, 0.25) is 0 Å². The van der Waals surface area contributed by atoms with Gasteiger partial charge in [0.15, 0.2) is 0 Å². The first kappa shape index (κ1) is 31.0. The number of carbonyl (C=O) groups excluding carboxylic acids is 3. The van der Waals surface area contributed by atoms with Crippen molar-refractivity contribution in [2.24, 2.45) is 11.8 Å². The molecule has 2 aromatic rings. The second kappa shape index (κ2) is 13.7. The number of carboxylic acids is 1. The Bertz CT molecular complexity index is 1250. The third kappa shape index (κ3) is 7.15. The molecule has 10 heteroatoms. The number of benzene rings is 1. The molecule has 0 saturated heterocycles. The number of thiazole rings is 1. The summed E-state index contributed by atoms with van der Waals surface area (Å²) in [5.74, 6) is -1.13. The van der Waals surface area contributed by atoms with Crippen molar-refractivity contribution in [2.75, 3.05) is 5.32 Å². The number of hydrogen-bond acceptors (Lipinski definition) is 7. The number of nitrogens with one attached hydrogen (secondary N) is 1. The molecule has 1 unspecified atom stereocenters. The fourth-order valence-electron chi connectivity index (χ4n) is 4.92. The van der Waals surface area contributed by atoms with Gasteiger partial charge in [-0.3, -0.25) is 9.59 Å². The molecule has 1 aromatic heterocycles. The van der Waals surface area contributed by atoms with Crippen molar-refractivity contribution >= 4 is 57.5 Å². The van der Waals surface area contributed by atoms with Crippen molar-refractivity contribution in [1.29, 1.82) is 0 Å². The zero-order valence-corrected chi connectivity index (χ0v) is 26.9. The number of amides is 2. The van der Waals surface area contributed by atoms with Crippen LogP contribution in [-0.4, -0.2) is 44.6 Å². The predicted octanol–water partition coefficient (Wildman–Crippen LogP) is 1.27. The Morgan fingerprint density at radius 1 is 1.13 bits per heavy atom. The van der Waals surface area contributed by atoms with Crippen LogP contribution in [0.4, 0.5) is 5.69 Å². The van der Waals surface area contributed by atoms with Gasteiger partial charge in [-0.25, -0.2) is 4.98 Å². The fourth-order valence-corrected chi connectivity index (χ4v) is 5.78. The molecule has 1 heterocycles. The normalized spacial score (nSPS) is 21.2. The first-order valence-electron chi connectivity index (χ1n) is 12.5. The molecule has 2 amide bonds. The summed E-state index contributed by atoms with van der Waals surface area (Å²) in [7, 11) is 0. The molecule has 4 rings (SSSR count). The number of nitrogens with zero attached hydrogens (tertiary/aromatic N) is 2. The fraction of sp³-hybridized carbons (Fsp3) is 0.393. The van der Waals surface area contributed by atoms with E-state index in [9.17, 15) is 19.5 Å². The van der Waals surface area contributed by atoms with Gasteiger partial charge in [0.1, 0.15) is 5.69 Å². The predicted molar refractivity (Wildman–Crippen MR) is 147 cm³/mol. The zero-order chi connectivity index (χ0) is 26.7. The van der Waals surface area contributed by atoms with Gasteiger partial charge in [0.2, 0.25) is 5.91 Å². The Labute approximate surface area is 275 Å². The molecule has 0 bridgehead atoms. The summed E-state index contributed by atoms with van der Waals surface area (Å²) in [6.45, 7) is 6.06. The van der Waals surface area contributed by atoms with E-state index < -0.39 is 12.0 Å². The quantitative estimate of drug-likeness (QED) is 0.394. The largest absolute Gasteiger partial charge is 1.00 e. The van der Waals surface area contributed by atoms with Gasteiger partial charge in [0.05, 0.1) is 22.4 Å². The summed E-state index contributed by atoms with van der Waals surface area (Å²) in [5, 5.41) is 16.5. The summed E-state index contributed by atoms with van der Waals surface area (Å²) >= 11 is 6.93. The van der Waals surface area contributed by atoms with Crippen LogP contribution in [0.25, 0.3) is 5.57 Å². The van der Waals surface area contributed by atoms with E-state index in [1.54, 1.807) is 40.1 Å². The SMILES string of the molecule is CC(C)N(C(=O)[C@H]1CC[C@H](C)CC1)C1C=C(c2ccc(NC(=O)c3cscn3)cc2)C=C(C(=O)[O-])C1=S.[K+]. The van der Waals surface area contributed by atoms with Crippen molar-refractivity contribution in [1.82, 2.24) is 9.88 Å².